The Balaban J connectivity index is 2.13. The number of thiazole rings is 1. The number of rotatable bonds is 3. The second-order valence-corrected chi connectivity index (χ2v) is 6.26. The molecule has 2 aromatic heterocycles. The number of carbonyl (C=O) groups is 1. The van der Waals surface area contributed by atoms with Crippen molar-refractivity contribution in [3.63, 3.8) is 0 Å². The minimum absolute atomic E-state index is 0.0210. The summed E-state index contributed by atoms with van der Waals surface area (Å²) in [6.45, 7) is 5.05. The Morgan fingerprint density at radius 2 is 2.29 bits per heavy atom. The quantitative estimate of drug-likeness (QED) is 0.933. The monoisotopic (exact) mass is 308 g/mol. The maximum atomic E-state index is 11.4. The second kappa shape index (κ2) is 5.53. The minimum atomic E-state index is -1.07. The van der Waals surface area contributed by atoms with E-state index in [9.17, 15) is 9.90 Å². The van der Waals surface area contributed by atoms with E-state index in [-0.39, 0.29) is 11.7 Å². The van der Waals surface area contributed by atoms with E-state index in [1.807, 2.05) is 13.8 Å². The predicted octanol–water partition coefficient (Wildman–Crippen LogP) is 2.07. The van der Waals surface area contributed by atoms with Crippen molar-refractivity contribution in [2.45, 2.75) is 32.7 Å². The third-order valence-corrected chi connectivity index (χ3v) is 4.58. The van der Waals surface area contributed by atoms with Crippen LogP contribution in [0.1, 0.15) is 40.1 Å². The first-order chi connectivity index (χ1) is 10.1. The van der Waals surface area contributed by atoms with Crippen LogP contribution in [0.25, 0.3) is 10.6 Å². The third-order valence-electron chi connectivity index (χ3n) is 3.50. The zero-order valence-corrected chi connectivity index (χ0v) is 12.7. The molecule has 1 aliphatic rings. The summed E-state index contributed by atoms with van der Waals surface area (Å²) in [7, 11) is 0. The number of aromatic nitrogens is 4. The fourth-order valence-corrected chi connectivity index (χ4v) is 3.53. The summed E-state index contributed by atoms with van der Waals surface area (Å²) in [5.41, 5.74) is 1.33. The van der Waals surface area contributed by atoms with Gasteiger partial charge in [-0.25, -0.2) is 14.5 Å². The fraction of sp³-hybridized carbons (Fsp3) is 0.538. The molecule has 0 saturated carbocycles. The average Bonchev–Trinajstić information content (AvgIpc) is 3.02. The summed E-state index contributed by atoms with van der Waals surface area (Å²) < 4.78 is 7.18. The number of aromatic carboxylic acids is 1. The molecule has 1 aliphatic heterocycles. The zero-order chi connectivity index (χ0) is 15.0. The first-order valence-corrected chi connectivity index (χ1v) is 7.60. The van der Waals surface area contributed by atoms with Gasteiger partial charge in [-0.3, -0.25) is 0 Å². The molecule has 1 unspecified atom stereocenters. The van der Waals surface area contributed by atoms with Gasteiger partial charge >= 0.3 is 5.97 Å². The predicted molar refractivity (Wildman–Crippen MR) is 76.7 cm³/mol. The highest BCUT2D eigenvalue weighted by Crippen LogP contribution is 2.34. The molecule has 21 heavy (non-hydrogen) atoms. The topological polar surface area (TPSA) is 90.1 Å². The van der Waals surface area contributed by atoms with E-state index in [4.69, 9.17) is 4.74 Å². The minimum Gasteiger partial charge on any atom is -0.476 e. The van der Waals surface area contributed by atoms with E-state index < -0.39 is 5.97 Å². The standard InChI is InChI=1S/C13H16N4O3S/c1-7-12(21-8(2)14-7)11-10(13(18)19)15-16-17(11)9-4-3-5-20-6-9/h9H,3-6H2,1-2H3,(H,18,19). The lowest BCUT2D eigenvalue weighted by molar-refractivity contribution is 0.0548. The van der Waals surface area contributed by atoms with E-state index in [1.165, 1.54) is 11.3 Å². The SMILES string of the molecule is Cc1nc(C)c(-c2c(C(=O)O)nnn2C2CCCOC2)s1. The number of carboxylic acid groups (broad SMARTS) is 1. The molecule has 3 rings (SSSR count). The summed E-state index contributed by atoms with van der Waals surface area (Å²) >= 11 is 1.47. The van der Waals surface area contributed by atoms with Gasteiger partial charge in [0.15, 0.2) is 5.69 Å². The van der Waals surface area contributed by atoms with E-state index >= 15 is 0 Å². The molecule has 0 bridgehead atoms. The van der Waals surface area contributed by atoms with Crippen molar-refractivity contribution in [3.05, 3.63) is 16.4 Å². The van der Waals surface area contributed by atoms with Gasteiger partial charge in [0.2, 0.25) is 0 Å². The van der Waals surface area contributed by atoms with Crippen LogP contribution >= 0.6 is 11.3 Å². The molecule has 0 radical (unpaired) electrons. The van der Waals surface area contributed by atoms with Crippen LogP contribution in [0.2, 0.25) is 0 Å². The number of ether oxygens (including phenoxy) is 1. The Hall–Kier alpha value is -1.80. The van der Waals surface area contributed by atoms with Crippen LogP contribution in [-0.2, 0) is 4.74 Å². The Morgan fingerprint density at radius 3 is 2.86 bits per heavy atom. The van der Waals surface area contributed by atoms with Gasteiger partial charge in [-0.15, -0.1) is 16.4 Å². The highest BCUT2D eigenvalue weighted by molar-refractivity contribution is 7.15. The van der Waals surface area contributed by atoms with Crippen molar-refractivity contribution >= 4 is 17.3 Å². The van der Waals surface area contributed by atoms with E-state index in [0.717, 1.165) is 35.0 Å². The maximum Gasteiger partial charge on any atom is 0.358 e. The van der Waals surface area contributed by atoms with Crippen molar-refractivity contribution in [1.29, 1.82) is 0 Å². The largest absolute Gasteiger partial charge is 0.476 e. The molecule has 112 valence electrons. The molecule has 3 heterocycles. The number of aryl methyl sites for hydroxylation is 2. The summed E-state index contributed by atoms with van der Waals surface area (Å²) in [4.78, 5) is 16.6. The Morgan fingerprint density at radius 1 is 1.48 bits per heavy atom. The number of hydrogen-bond acceptors (Lipinski definition) is 6. The van der Waals surface area contributed by atoms with Crippen LogP contribution in [0.15, 0.2) is 0 Å². The van der Waals surface area contributed by atoms with Gasteiger partial charge in [0.05, 0.1) is 28.2 Å². The van der Waals surface area contributed by atoms with Gasteiger partial charge in [-0.1, -0.05) is 5.21 Å². The zero-order valence-electron chi connectivity index (χ0n) is 11.9. The molecule has 1 atom stereocenters. The number of carboxylic acids is 1. The first kappa shape index (κ1) is 14.2. The second-order valence-electron chi connectivity index (χ2n) is 5.05. The van der Waals surface area contributed by atoms with Crippen molar-refractivity contribution in [1.82, 2.24) is 20.0 Å². The fourth-order valence-electron chi connectivity index (χ4n) is 2.57. The molecule has 0 aliphatic carbocycles. The van der Waals surface area contributed by atoms with E-state index in [2.05, 4.69) is 15.3 Å². The summed E-state index contributed by atoms with van der Waals surface area (Å²) in [5, 5.41) is 18.2. The third kappa shape index (κ3) is 2.56. The highest BCUT2D eigenvalue weighted by Gasteiger charge is 2.28. The number of hydrogen-bond donors (Lipinski definition) is 1. The molecule has 0 aromatic carbocycles. The molecule has 2 aromatic rings. The Bertz CT molecular complexity index is 673. The van der Waals surface area contributed by atoms with Crippen LogP contribution in [0.4, 0.5) is 0 Å². The van der Waals surface area contributed by atoms with Gasteiger partial charge < -0.3 is 9.84 Å². The van der Waals surface area contributed by atoms with Gasteiger partial charge in [-0.2, -0.15) is 0 Å². The summed E-state index contributed by atoms with van der Waals surface area (Å²) in [5.74, 6) is -1.07. The normalized spacial score (nSPS) is 18.9. The van der Waals surface area contributed by atoms with Crippen LogP contribution in [0.5, 0.6) is 0 Å². The molecule has 0 spiro atoms. The maximum absolute atomic E-state index is 11.4. The molecule has 1 N–H and O–H groups in total. The molecule has 7 nitrogen and oxygen atoms in total. The van der Waals surface area contributed by atoms with Crippen molar-refractivity contribution < 1.29 is 14.6 Å². The first-order valence-electron chi connectivity index (χ1n) is 6.78. The molecular weight excluding hydrogens is 292 g/mol. The average molecular weight is 308 g/mol. The summed E-state index contributed by atoms with van der Waals surface area (Å²) in [6, 6.07) is 0.0242. The van der Waals surface area contributed by atoms with Crippen LogP contribution in [0, 0.1) is 13.8 Å². The molecule has 1 saturated heterocycles. The van der Waals surface area contributed by atoms with Gasteiger partial charge in [0.1, 0.15) is 5.69 Å². The van der Waals surface area contributed by atoms with Crippen molar-refractivity contribution in [2.24, 2.45) is 0 Å². The highest BCUT2D eigenvalue weighted by atomic mass is 32.1. The molecular formula is C13H16N4O3S. The van der Waals surface area contributed by atoms with E-state index in [1.54, 1.807) is 4.68 Å². The van der Waals surface area contributed by atoms with Crippen molar-refractivity contribution in [3.8, 4) is 10.6 Å². The Labute approximate surface area is 125 Å². The Kier molecular flexibility index (Phi) is 3.73. The molecule has 0 amide bonds. The number of nitrogens with zero attached hydrogens (tertiary/aromatic N) is 4. The van der Waals surface area contributed by atoms with Gasteiger partial charge in [0.25, 0.3) is 0 Å². The van der Waals surface area contributed by atoms with E-state index in [0.29, 0.717) is 12.3 Å². The van der Waals surface area contributed by atoms with Crippen molar-refractivity contribution in [2.75, 3.05) is 13.2 Å². The molecule has 8 heteroatoms. The lowest BCUT2D eigenvalue weighted by Gasteiger charge is -2.23. The van der Waals surface area contributed by atoms with Gasteiger partial charge in [0, 0.05) is 6.61 Å². The smallest absolute Gasteiger partial charge is 0.358 e. The van der Waals surface area contributed by atoms with Crippen LogP contribution in [-0.4, -0.2) is 44.3 Å². The van der Waals surface area contributed by atoms with Crippen LogP contribution < -0.4 is 0 Å². The lowest BCUT2D eigenvalue weighted by atomic mass is 10.1. The summed E-state index contributed by atoms with van der Waals surface area (Å²) in [6.07, 6.45) is 1.85. The lowest BCUT2D eigenvalue weighted by Crippen LogP contribution is -2.23. The molecule has 1 fully saturated rings. The van der Waals surface area contributed by atoms with Gasteiger partial charge in [-0.05, 0) is 26.7 Å². The van der Waals surface area contributed by atoms with Crippen LogP contribution in [0.3, 0.4) is 0 Å².